The average molecular weight is 381 g/mol. The number of amides is 1. The lowest BCUT2D eigenvalue weighted by atomic mass is 10.1. The standard InChI is InChI=1S/C21H21ClN4O/c22-18-9-4-5-10-19(18)24-13-15-25(16-14-24)21(27)20(26-12-6-11-23-26)17-7-2-1-3-8-17/h1-12,20H,13-16H2. The van der Waals surface area contributed by atoms with Crippen molar-refractivity contribution in [2.24, 2.45) is 0 Å². The highest BCUT2D eigenvalue weighted by Gasteiger charge is 2.30. The fourth-order valence-electron chi connectivity index (χ4n) is 3.53. The first-order valence-electron chi connectivity index (χ1n) is 9.06. The molecule has 1 fully saturated rings. The zero-order valence-electron chi connectivity index (χ0n) is 14.9. The SMILES string of the molecule is O=C(C(c1ccccc1)n1cccn1)N1CCN(c2ccccc2Cl)CC1. The van der Waals surface area contributed by atoms with E-state index in [4.69, 9.17) is 11.6 Å². The van der Waals surface area contributed by atoms with E-state index in [-0.39, 0.29) is 5.91 Å². The maximum atomic E-state index is 13.3. The summed E-state index contributed by atoms with van der Waals surface area (Å²) >= 11 is 6.32. The van der Waals surface area contributed by atoms with Crippen LogP contribution in [0.15, 0.2) is 73.1 Å². The van der Waals surface area contributed by atoms with Crippen molar-refractivity contribution in [3.05, 3.63) is 83.6 Å². The second-order valence-corrected chi connectivity index (χ2v) is 6.97. The summed E-state index contributed by atoms with van der Waals surface area (Å²) in [4.78, 5) is 17.5. The van der Waals surface area contributed by atoms with Crippen molar-refractivity contribution in [2.45, 2.75) is 6.04 Å². The lowest BCUT2D eigenvalue weighted by molar-refractivity contribution is -0.134. The van der Waals surface area contributed by atoms with Gasteiger partial charge < -0.3 is 9.80 Å². The van der Waals surface area contributed by atoms with Crippen molar-refractivity contribution in [3.63, 3.8) is 0 Å². The molecule has 1 aliphatic heterocycles. The number of rotatable bonds is 4. The third kappa shape index (κ3) is 3.69. The molecule has 1 unspecified atom stereocenters. The Morgan fingerprint density at radius 1 is 0.926 bits per heavy atom. The zero-order chi connectivity index (χ0) is 18.6. The van der Waals surface area contributed by atoms with Crippen LogP contribution in [-0.4, -0.2) is 46.8 Å². The molecule has 0 bridgehead atoms. The second kappa shape index (κ2) is 7.84. The molecule has 0 spiro atoms. The summed E-state index contributed by atoms with van der Waals surface area (Å²) in [6, 6.07) is 19.1. The monoisotopic (exact) mass is 380 g/mol. The van der Waals surface area contributed by atoms with Crippen LogP contribution < -0.4 is 4.90 Å². The van der Waals surface area contributed by atoms with Gasteiger partial charge in [0, 0.05) is 38.6 Å². The number of benzene rings is 2. The molecule has 0 saturated carbocycles. The van der Waals surface area contributed by atoms with Crippen LogP contribution in [0.25, 0.3) is 0 Å². The lowest BCUT2D eigenvalue weighted by Gasteiger charge is -2.38. The predicted molar refractivity (Wildman–Crippen MR) is 107 cm³/mol. The number of nitrogens with zero attached hydrogens (tertiary/aromatic N) is 4. The normalized spacial score (nSPS) is 15.6. The second-order valence-electron chi connectivity index (χ2n) is 6.56. The topological polar surface area (TPSA) is 41.4 Å². The zero-order valence-corrected chi connectivity index (χ0v) is 15.7. The molecule has 0 radical (unpaired) electrons. The van der Waals surface area contributed by atoms with Crippen LogP contribution >= 0.6 is 11.6 Å². The predicted octanol–water partition coefficient (Wildman–Crippen LogP) is 3.47. The quantitative estimate of drug-likeness (QED) is 0.696. The van der Waals surface area contributed by atoms with Gasteiger partial charge in [-0.25, -0.2) is 0 Å². The number of para-hydroxylation sites is 1. The molecule has 5 nitrogen and oxygen atoms in total. The Labute approximate surface area is 163 Å². The van der Waals surface area contributed by atoms with Crippen LogP contribution in [0.1, 0.15) is 11.6 Å². The molecule has 4 rings (SSSR count). The number of carbonyl (C=O) groups excluding carboxylic acids is 1. The minimum atomic E-state index is -0.437. The van der Waals surface area contributed by atoms with Crippen LogP contribution in [-0.2, 0) is 4.79 Å². The minimum absolute atomic E-state index is 0.0729. The van der Waals surface area contributed by atoms with E-state index in [0.717, 1.165) is 29.4 Å². The number of carbonyl (C=O) groups is 1. The first kappa shape index (κ1) is 17.6. The van der Waals surface area contributed by atoms with Gasteiger partial charge in [-0.2, -0.15) is 5.10 Å². The summed E-state index contributed by atoms with van der Waals surface area (Å²) in [5.41, 5.74) is 1.97. The molecule has 2 aromatic carbocycles. The van der Waals surface area contributed by atoms with Gasteiger partial charge >= 0.3 is 0 Å². The maximum Gasteiger partial charge on any atom is 0.252 e. The molecule has 27 heavy (non-hydrogen) atoms. The van der Waals surface area contributed by atoms with Crippen molar-refractivity contribution >= 4 is 23.2 Å². The number of anilines is 1. The van der Waals surface area contributed by atoms with Gasteiger partial charge in [0.2, 0.25) is 0 Å². The van der Waals surface area contributed by atoms with Gasteiger partial charge in [0.1, 0.15) is 0 Å². The summed E-state index contributed by atoms with van der Waals surface area (Å²) in [5, 5.41) is 5.07. The van der Waals surface area contributed by atoms with Gasteiger partial charge in [0.25, 0.3) is 5.91 Å². The van der Waals surface area contributed by atoms with Crippen LogP contribution in [0.3, 0.4) is 0 Å². The van der Waals surface area contributed by atoms with Gasteiger partial charge in [-0.3, -0.25) is 9.48 Å². The van der Waals surface area contributed by atoms with Crippen LogP contribution in [0.2, 0.25) is 5.02 Å². The van der Waals surface area contributed by atoms with Crippen molar-refractivity contribution in [1.82, 2.24) is 14.7 Å². The highest BCUT2D eigenvalue weighted by molar-refractivity contribution is 6.33. The summed E-state index contributed by atoms with van der Waals surface area (Å²) < 4.78 is 1.73. The van der Waals surface area contributed by atoms with Crippen LogP contribution in [0.4, 0.5) is 5.69 Å². The lowest BCUT2D eigenvalue weighted by Crippen LogP contribution is -2.51. The largest absolute Gasteiger partial charge is 0.367 e. The molecule has 3 aromatic rings. The molecule has 138 valence electrons. The van der Waals surface area contributed by atoms with E-state index < -0.39 is 6.04 Å². The first-order valence-corrected chi connectivity index (χ1v) is 9.44. The molecular formula is C21H21ClN4O. The minimum Gasteiger partial charge on any atom is -0.367 e. The third-order valence-corrected chi connectivity index (χ3v) is 5.24. The molecular weight excluding hydrogens is 360 g/mol. The Morgan fingerprint density at radius 2 is 1.63 bits per heavy atom. The molecule has 0 N–H and O–H groups in total. The summed E-state index contributed by atoms with van der Waals surface area (Å²) in [6.45, 7) is 2.84. The highest BCUT2D eigenvalue weighted by atomic mass is 35.5. The maximum absolute atomic E-state index is 13.3. The van der Waals surface area contributed by atoms with Crippen molar-refractivity contribution in [3.8, 4) is 0 Å². The van der Waals surface area contributed by atoms with Gasteiger partial charge in [0.15, 0.2) is 6.04 Å². The first-order chi connectivity index (χ1) is 13.2. The van der Waals surface area contributed by atoms with Gasteiger partial charge in [-0.1, -0.05) is 54.1 Å². The number of piperazine rings is 1. The van der Waals surface area contributed by atoms with Gasteiger partial charge in [-0.15, -0.1) is 0 Å². The number of halogens is 1. The summed E-state index contributed by atoms with van der Waals surface area (Å²) in [5.74, 6) is 0.0729. The van der Waals surface area contributed by atoms with Crippen molar-refractivity contribution in [2.75, 3.05) is 31.1 Å². The van der Waals surface area contributed by atoms with E-state index in [9.17, 15) is 4.79 Å². The summed E-state index contributed by atoms with van der Waals surface area (Å²) in [6.07, 6.45) is 3.55. The fourth-order valence-corrected chi connectivity index (χ4v) is 3.78. The van der Waals surface area contributed by atoms with Crippen LogP contribution in [0, 0.1) is 0 Å². The Kier molecular flexibility index (Phi) is 5.12. The van der Waals surface area contributed by atoms with E-state index >= 15 is 0 Å². The molecule has 1 aromatic heterocycles. The van der Waals surface area contributed by atoms with E-state index in [0.29, 0.717) is 13.1 Å². The molecule has 6 heteroatoms. The Hall–Kier alpha value is -2.79. The van der Waals surface area contributed by atoms with Gasteiger partial charge in [0.05, 0.1) is 10.7 Å². The Morgan fingerprint density at radius 3 is 2.30 bits per heavy atom. The molecule has 0 aliphatic carbocycles. The fraction of sp³-hybridized carbons (Fsp3) is 0.238. The van der Waals surface area contributed by atoms with E-state index in [1.165, 1.54) is 0 Å². The Balaban J connectivity index is 1.51. The summed E-state index contributed by atoms with van der Waals surface area (Å²) in [7, 11) is 0. The molecule has 1 aliphatic rings. The molecule has 1 saturated heterocycles. The van der Waals surface area contributed by atoms with Crippen molar-refractivity contribution in [1.29, 1.82) is 0 Å². The van der Waals surface area contributed by atoms with E-state index in [2.05, 4.69) is 10.00 Å². The molecule has 1 atom stereocenters. The number of aromatic nitrogens is 2. The van der Waals surface area contributed by atoms with Gasteiger partial charge in [-0.05, 0) is 23.8 Å². The molecule has 2 heterocycles. The highest BCUT2D eigenvalue weighted by Crippen LogP contribution is 2.27. The third-order valence-electron chi connectivity index (χ3n) is 4.92. The van der Waals surface area contributed by atoms with Crippen LogP contribution in [0.5, 0.6) is 0 Å². The average Bonchev–Trinajstić information content (AvgIpc) is 3.24. The number of hydrogen-bond acceptors (Lipinski definition) is 3. The number of hydrogen-bond donors (Lipinski definition) is 0. The smallest absolute Gasteiger partial charge is 0.252 e. The van der Waals surface area contributed by atoms with Crippen molar-refractivity contribution < 1.29 is 4.79 Å². The Bertz CT molecular complexity index is 890. The molecule has 1 amide bonds. The van der Waals surface area contributed by atoms with E-state index in [1.807, 2.05) is 71.8 Å². The van der Waals surface area contributed by atoms with E-state index in [1.54, 1.807) is 10.9 Å².